The fraction of sp³-hybridized carbons (Fsp3) is 0.712. The predicted molar refractivity (Wildman–Crippen MR) is 257 cm³/mol. The van der Waals surface area contributed by atoms with E-state index in [4.69, 9.17) is 31.5 Å². The van der Waals surface area contributed by atoms with E-state index in [0.29, 0.717) is 43.3 Å². The highest BCUT2D eigenvalue weighted by Crippen LogP contribution is 2.68. The summed E-state index contributed by atoms with van der Waals surface area (Å²) in [5.41, 5.74) is 3.23. The summed E-state index contributed by atoms with van der Waals surface area (Å²) in [4.78, 5) is 74.2. The standard InChI is InChI=1S/C52H67ClF2N4O8S/c1-7-49(4)22-39(66-41(62)25-68-31-18-29-8-9-30(19-31)57(29)6)50(5)27(2)10-13-52(14-11-37(60)46(50)52)28(3)47(49)67-40(61)12-17-65-48(64)33-23-59(36-21-34(36)54)43-32(45(33)63)20-35(55)44(42(43)53)58-24-38(56)51(26-58)15-16-51/h7,20,23,27-31,34,36,38-39,46-47H,1,8-19,21-22,24-26,56H2,2-6H3/t27?,28-,29?,30?,31?,34+,36?,38-,39+,46?,47-,49+,50-,52?/m1/s1. The third-order valence-corrected chi connectivity index (χ3v) is 20.8. The normalized spacial score (nSPS) is 39.0. The van der Waals surface area contributed by atoms with Crippen LogP contribution in [-0.2, 0) is 28.6 Å². The molecule has 3 aliphatic heterocycles. The number of esters is 3. The first-order chi connectivity index (χ1) is 32.2. The second-order valence-electron chi connectivity index (χ2n) is 22.7. The number of hydrogen-bond donors (Lipinski definition) is 1. The van der Waals surface area contributed by atoms with Crippen molar-refractivity contribution >= 4 is 63.6 Å². The molecule has 0 amide bonds. The van der Waals surface area contributed by atoms with Crippen LogP contribution in [0.5, 0.6) is 0 Å². The molecule has 5 saturated carbocycles. The quantitative estimate of drug-likeness (QED) is 0.124. The Morgan fingerprint density at radius 1 is 1.03 bits per heavy atom. The molecule has 1 aromatic heterocycles. The number of alkyl halides is 1. The smallest absolute Gasteiger partial charge is 0.343 e. The number of anilines is 1. The van der Waals surface area contributed by atoms with Gasteiger partial charge in [-0.05, 0) is 88.7 Å². The molecule has 370 valence electrons. The fourth-order valence-electron chi connectivity index (χ4n) is 14.5. The topological polar surface area (TPSA) is 150 Å². The van der Waals surface area contributed by atoms with Crippen LogP contribution in [0.4, 0.5) is 14.5 Å². The van der Waals surface area contributed by atoms with Crippen molar-refractivity contribution in [3.05, 3.63) is 51.5 Å². The zero-order valence-electron chi connectivity index (χ0n) is 40.0. The van der Waals surface area contributed by atoms with Crippen LogP contribution >= 0.6 is 23.4 Å². The lowest BCUT2D eigenvalue weighted by atomic mass is 9.44. The molecule has 8 fully saturated rings. The van der Waals surface area contributed by atoms with E-state index < -0.39 is 81.9 Å². The molecule has 10 rings (SSSR count). The number of rotatable bonds is 12. The van der Waals surface area contributed by atoms with E-state index in [1.54, 1.807) is 22.7 Å². The van der Waals surface area contributed by atoms with Gasteiger partial charge in [-0.15, -0.1) is 18.3 Å². The largest absolute Gasteiger partial charge is 0.461 e. The number of pyridine rings is 1. The maximum atomic E-state index is 16.0. The monoisotopic (exact) mass is 980 g/mol. The van der Waals surface area contributed by atoms with Crippen LogP contribution in [0.3, 0.4) is 0 Å². The highest BCUT2D eigenvalue weighted by molar-refractivity contribution is 8.00. The van der Waals surface area contributed by atoms with Crippen LogP contribution < -0.4 is 16.1 Å². The SMILES string of the molecule is C=C[C@@]1(C)C[C@H](OC(=O)CSC2CC3CCC(C2)N3C)[C@@]2(C)C(C)CCC3(CCC(=O)C32)[C@H](C)[C@H]1OC(=O)CCOC(=O)c1cn(C2C[C@@H]2F)c2c(Cl)c(N3C[C@@H](N)C4(CC4)C3)c(F)cc2c1=O. The third kappa shape index (κ3) is 7.75. The van der Waals surface area contributed by atoms with Gasteiger partial charge >= 0.3 is 17.9 Å². The van der Waals surface area contributed by atoms with Crippen molar-refractivity contribution in [1.82, 2.24) is 9.47 Å². The first-order valence-electron chi connectivity index (χ1n) is 25.0. The van der Waals surface area contributed by atoms with E-state index in [-0.39, 0.29) is 81.7 Å². The van der Waals surface area contributed by atoms with Gasteiger partial charge in [-0.2, -0.15) is 0 Å². The predicted octanol–water partition coefficient (Wildman–Crippen LogP) is 8.37. The molecule has 12 nitrogen and oxygen atoms in total. The van der Waals surface area contributed by atoms with Crippen molar-refractivity contribution in [1.29, 1.82) is 0 Å². The molecular formula is C52H67ClF2N4O8S. The summed E-state index contributed by atoms with van der Waals surface area (Å²) in [5.74, 6) is -2.98. The van der Waals surface area contributed by atoms with E-state index in [9.17, 15) is 28.4 Å². The molecule has 0 radical (unpaired) electrons. The Kier molecular flexibility index (Phi) is 12.3. The van der Waals surface area contributed by atoms with E-state index in [1.165, 1.54) is 23.6 Å². The van der Waals surface area contributed by atoms with Gasteiger partial charge in [0.15, 0.2) is 0 Å². The van der Waals surface area contributed by atoms with Crippen LogP contribution in [0.25, 0.3) is 10.9 Å². The summed E-state index contributed by atoms with van der Waals surface area (Å²) in [6.45, 7) is 13.0. The molecule has 4 bridgehead atoms. The Labute approximate surface area is 406 Å². The Balaban J connectivity index is 0.862. The number of piperidine rings is 1. The van der Waals surface area contributed by atoms with Crippen LogP contribution in [0, 0.1) is 45.2 Å². The lowest BCUT2D eigenvalue weighted by molar-refractivity contribution is -0.213. The second kappa shape index (κ2) is 17.4. The van der Waals surface area contributed by atoms with Crippen LogP contribution in [0.2, 0.25) is 5.02 Å². The lowest BCUT2D eigenvalue weighted by Gasteiger charge is -2.62. The highest BCUT2D eigenvalue weighted by Gasteiger charge is 2.69. The van der Waals surface area contributed by atoms with Gasteiger partial charge in [-0.1, -0.05) is 45.4 Å². The number of carbonyl (C=O) groups is 4. The van der Waals surface area contributed by atoms with Gasteiger partial charge in [0.05, 0.1) is 39.8 Å². The number of hydrogen-bond acceptors (Lipinski definition) is 12. The van der Waals surface area contributed by atoms with Crippen LogP contribution in [0.1, 0.15) is 128 Å². The molecule has 1 aromatic carbocycles. The maximum Gasteiger partial charge on any atom is 0.343 e. The number of halogens is 3. The molecule has 16 heteroatoms. The summed E-state index contributed by atoms with van der Waals surface area (Å²) >= 11 is 8.60. The average molecular weight is 982 g/mol. The van der Waals surface area contributed by atoms with Crippen molar-refractivity contribution in [3.63, 3.8) is 0 Å². The third-order valence-electron chi connectivity index (χ3n) is 19.2. The van der Waals surface area contributed by atoms with Gasteiger partial charge in [0.25, 0.3) is 0 Å². The molecule has 5 aliphatic carbocycles. The number of aromatic nitrogens is 1. The molecule has 3 saturated heterocycles. The van der Waals surface area contributed by atoms with E-state index in [2.05, 4.69) is 39.3 Å². The van der Waals surface area contributed by atoms with Crippen LogP contribution in [-0.4, -0.2) is 107 Å². The summed E-state index contributed by atoms with van der Waals surface area (Å²) < 4.78 is 50.8. The van der Waals surface area contributed by atoms with Crippen LogP contribution in [0.15, 0.2) is 29.7 Å². The lowest BCUT2D eigenvalue weighted by Crippen LogP contribution is -2.63. The Morgan fingerprint density at radius 3 is 2.38 bits per heavy atom. The van der Waals surface area contributed by atoms with Gasteiger partial charge in [-0.25, -0.2) is 13.6 Å². The number of thioether (sulfide) groups is 1. The Hall–Kier alpha value is -3.53. The fourth-order valence-corrected chi connectivity index (χ4v) is 16.1. The second-order valence-corrected chi connectivity index (χ2v) is 24.4. The molecular weight excluding hydrogens is 914 g/mol. The van der Waals surface area contributed by atoms with Crippen molar-refractivity contribution in [2.24, 2.45) is 45.1 Å². The molecule has 4 heterocycles. The van der Waals surface area contributed by atoms with Crippen molar-refractivity contribution in [2.45, 2.75) is 159 Å². The number of ether oxygens (including phenoxy) is 3. The Bertz CT molecular complexity index is 2490. The van der Waals surface area contributed by atoms with Crippen molar-refractivity contribution < 1.29 is 42.2 Å². The van der Waals surface area contributed by atoms with Gasteiger partial charge in [0.2, 0.25) is 5.43 Å². The van der Waals surface area contributed by atoms with Crippen molar-refractivity contribution in [2.75, 3.05) is 37.4 Å². The number of benzene rings is 1. The minimum atomic E-state index is -1.26. The molecule has 2 aromatic rings. The maximum absolute atomic E-state index is 16.0. The molecule has 8 aliphatic rings. The van der Waals surface area contributed by atoms with Crippen molar-refractivity contribution in [3.8, 4) is 0 Å². The number of ketones is 1. The zero-order valence-corrected chi connectivity index (χ0v) is 41.6. The van der Waals surface area contributed by atoms with E-state index in [1.807, 2.05) is 6.92 Å². The number of nitrogens with two attached hydrogens (primary N) is 1. The minimum Gasteiger partial charge on any atom is -0.461 e. The molecule has 1 spiro atoms. The molecule has 2 N–H and O–H groups in total. The van der Waals surface area contributed by atoms with E-state index >= 15 is 4.39 Å². The number of carbonyl (C=O) groups excluding carboxylic acids is 4. The number of nitrogens with zero attached hydrogens (tertiary/aromatic N) is 3. The summed E-state index contributed by atoms with van der Waals surface area (Å²) in [5, 5.41) is 0.158. The number of Topliss-reactive ketones (excluding diaryl/α,β-unsaturated/α-hetero) is 1. The van der Waals surface area contributed by atoms with Gasteiger partial charge in [-0.3, -0.25) is 19.2 Å². The number of fused-ring (bicyclic) bond motifs is 3. The van der Waals surface area contributed by atoms with E-state index in [0.717, 1.165) is 44.6 Å². The summed E-state index contributed by atoms with van der Waals surface area (Å²) in [7, 11) is 2.20. The first-order valence-corrected chi connectivity index (χ1v) is 26.4. The average Bonchev–Trinajstić information content (AvgIpc) is 4.17. The molecule has 68 heavy (non-hydrogen) atoms. The summed E-state index contributed by atoms with van der Waals surface area (Å²) in [6, 6.07) is 1.27. The Morgan fingerprint density at radius 2 is 1.74 bits per heavy atom. The minimum absolute atomic E-state index is 0.0446. The highest BCUT2D eigenvalue weighted by atomic mass is 35.5. The first kappa shape index (κ1) is 48.1. The molecule has 6 unspecified atom stereocenters. The van der Waals surface area contributed by atoms with Gasteiger partial charge in [0, 0.05) is 83.6 Å². The summed E-state index contributed by atoms with van der Waals surface area (Å²) in [6.07, 6.45) is 9.36. The van der Waals surface area contributed by atoms with Gasteiger partial charge < -0.3 is 34.3 Å². The van der Waals surface area contributed by atoms with Gasteiger partial charge in [0.1, 0.15) is 42.2 Å². The zero-order chi connectivity index (χ0) is 48.4. The molecule has 13 atom stereocenters.